The van der Waals surface area contributed by atoms with E-state index >= 15 is 0 Å². The van der Waals surface area contributed by atoms with Gasteiger partial charge in [-0.3, -0.25) is 4.90 Å². The maximum atomic E-state index is 12.1. The van der Waals surface area contributed by atoms with Crippen molar-refractivity contribution in [1.82, 2.24) is 10.4 Å². The third-order valence-corrected chi connectivity index (χ3v) is 2.66. The van der Waals surface area contributed by atoms with Gasteiger partial charge in [-0.05, 0) is 18.8 Å². The number of alkyl halides is 3. The van der Waals surface area contributed by atoms with Crippen molar-refractivity contribution in [3.05, 3.63) is 0 Å². The maximum absolute atomic E-state index is 12.1. The van der Waals surface area contributed by atoms with E-state index in [-0.39, 0.29) is 6.04 Å². The third-order valence-electron chi connectivity index (χ3n) is 2.66. The van der Waals surface area contributed by atoms with Crippen LogP contribution in [0.2, 0.25) is 0 Å². The highest BCUT2D eigenvalue weighted by molar-refractivity contribution is 4.76. The Morgan fingerprint density at radius 3 is 2.35 bits per heavy atom. The van der Waals surface area contributed by atoms with Crippen LogP contribution in [-0.4, -0.2) is 43.4 Å². The topological polar surface area (TPSA) is 24.5 Å². The molecule has 0 atom stereocenters. The van der Waals surface area contributed by atoms with Gasteiger partial charge in [0.1, 0.15) is 0 Å². The van der Waals surface area contributed by atoms with Crippen molar-refractivity contribution >= 4 is 0 Å². The monoisotopic (exact) mass is 254 g/mol. The summed E-state index contributed by atoms with van der Waals surface area (Å²) in [5, 5.41) is 0. The second-order valence-corrected chi connectivity index (χ2v) is 4.99. The molecule has 0 radical (unpaired) electrons. The summed E-state index contributed by atoms with van der Waals surface area (Å²) in [6, 6.07) is 0.179. The second kappa shape index (κ2) is 6.56. The highest BCUT2D eigenvalue weighted by atomic mass is 19.4. The predicted molar refractivity (Wildman–Crippen MR) is 59.4 cm³/mol. The molecule has 0 unspecified atom stereocenters. The molecule has 1 rings (SSSR count). The van der Waals surface area contributed by atoms with Gasteiger partial charge >= 0.3 is 6.18 Å². The van der Waals surface area contributed by atoms with Crippen molar-refractivity contribution in [3.63, 3.8) is 0 Å². The molecule has 0 amide bonds. The minimum Gasteiger partial charge on any atom is -0.301 e. The van der Waals surface area contributed by atoms with Gasteiger partial charge in [0, 0.05) is 19.1 Å². The Labute approximate surface area is 100 Å². The molecule has 0 aromatic rings. The Balaban J connectivity index is 2.13. The molecule has 0 aromatic heterocycles. The van der Waals surface area contributed by atoms with E-state index in [1.165, 1.54) is 4.90 Å². The number of piperidine rings is 1. The number of hydrogen-bond acceptors (Lipinski definition) is 3. The maximum Gasteiger partial charge on any atom is 0.401 e. The number of likely N-dealkylation sites (tertiary alicyclic amines) is 1. The molecule has 3 nitrogen and oxygen atoms in total. The smallest absolute Gasteiger partial charge is 0.301 e. The molecule has 1 N–H and O–H groups in total. The summed E-state index contributed by atoms with van der Waals surface area (Å²) in [7, 11) is 0. The molecule has 1 heterocycles. The third kappa shape index (κ3) is 6.85. The van der Waals surface area contributed by atoms with E-state index in [0.29, 0.717) is 38.5 Å². The summed E-state index contributed by atoms with van der Waals surface area (Å²) in [5.41, 5.74) is 2.93. The molecule has 0 aromatic carbocycles. The molecule has 1 saturated heterocycles. The minimum atomic E-state index is -4.09. The molecule has 0 saturated carbocycles. The van der Waals surface area contributed by atoms with E-state index in [4.69, 9.17) is 4.84 Å². The van der Waals surface area contributed by atoms with Gasteiger partial charge in [-0.25, -0.2) is 0 Å². The summed E-state index contributed by atoms with van der Waals surface area (Å²) >= 11 is 0. The van der Waals surface area contributed by atoms with Crippen molar-refractivity contribution < 1.29 is 18.0 Å². The molecular formula is C11H21F3N2O. The molecule has 1 fully saturated rings. The van der Waals surface area contributed by atoms with Crippen LogP contribution in [0.15, 0.2) is 0 Å². The van der Waals surface area contributed by atoms with Crippen molar-refractivity contribution in [3.8, 4) is 0 Å². The van der Waals surface area contributed by atoms with Crippen molar-refractivity contribution in [2.75, 3.05) is 26.2 Å². The summed E-state index contributed by atoms with van der Waals surface area (Å²) in [4.78, 5) is 6.73. The zero-order valence-electron chi connectivity index (χ0n) is 10.4. The molecule has 0 aliphatic carbocycles. The highest BCUT2D eigenvalue weighted by Gasteiger charge is 2.32. The van der Waals surface area contributed by atoms with Gasteiger partial charge in [0.2, 0.25) is 0 Å². The molecule has 1 aliphatic heterocycles. The molecule has 0 bridgehead atoms. The minimum absolute atomic E-state index is 0.179. The largest absolute Gasteiger partial charge is 0.401 e. The van der Waals surface area contributed by atoms with E-state index in [2.05, 4.69) is 5.48 Å². The van der Waals surface area contributed by atoms with Crippen LogP contribution < -0.4 is 5.48 Å². The Hall–Kier alpha value is -0.330. The average Bonchev–Trinajstić information content (AvgIpc) is 2.18. The van der Waals surface area contributed by atoms with Gasteiger partial charge in [-0.2, -0.15) is 18.7 Å². The van der Waals surface area contributed by atoms with E-state index in [0.717, 1.165) is 0 Å². The second-order valence-electron chi connectivity index (χ2n) is 4.99. The summed E-state index contributed by atoms with van der Waals surface area (Å²) in [6.45, 7) is 4.88. The van der Waals surface area contributed by atoms with E-state index in [1.54, 1.807) is 0 Å². The van der Waals surface area contributed by atoms with Crippen molar-refractivity contribution in [2.45, 2.75) is 38.9 Å². The lowest BCUT2D eigenvalue weighted by Gasteiger charge is -2.32. The molecular weight excluding hydrogens is 233 g/mol. The first-order valence-corrected chi connectivity index (χ1v) is 6.03. The van der Waals surface area contributed by atoms with E-state index in [9.17, 15) is 13.2 Å². The number of halogens is 3. The Morgan fingerprint density at radius 2 is 1.88 bits per heavy atom. The summed E-state index contributed by atoms with van der Waals surface area (Å²) in [5.74, 6) is 0.452. The molecule has 1 aliphatic rings. The predicted octanol–water partition coefficient (Wildman–Crippen LogP) is 2.19. The summed E-state index contributed by atoms with van der Waals surface area (Å²) in [6.07, 6.45) is -2.68. The van der Waals surface area contributed by atoms with Crippen LogP contribution in [0.25, 0.3) is 0 Å². The SMILES string of the molecule is CC(C)CONC1CCN(CC(F)(F)F)CC1. The van der Waals surface area contributed by atoms with Crippen LogP contribution in [0, 0.1) is 5.92 Å². The lowest BCUT2D eigenvalue weighted by Crippen LogP contribution is -2.45. The highest BCUT2D eigenvalue weighted by Crippen LogP contribution is 2.19. The normalized spacial score (nSPS) is 20.1. The Kier molecular flexibility index (Phi) is 5.69. The average molecular weight is 254 g/mol. The van der Waals surface area contributed by atoms with Crippen LogP contribution in [0.5, 0.6) is 0 Å². The lowest BCUT2D eigenvalue weighted by molar-refractivity contribution is -0.149. The molecule has 102 valence electrons. The van der Waals surface area contributed by atoms with E-state index in [1.807, 2.05) is 13.8 Å². The van der Waals surface area contributed by atoms with Gasteiger partial charge in [0.05, 0.1) is 13.2 Å². The van der Waals surface area contributed by atoms with Gasteiger partial charge in [0.15, 0.2) is 0 Å². The van der Waals surface area contributed by atoms with Crippen LogP contribution in [0.3, 0.4) is 0 Å². The quantitative estimate of drug-likeness (QED) is 0.761. The van der Waals surface area contributed by atoms with Gasteiger partial charge in [-0.1, -0.05) is 13.8 Å². The zero-order valence-corrected chi connectivity index (χ0v) is 10.4. The molecule has 0 spiro atoms. The Bertz CT molecular complexity index is 213. The van der Waals surface area contributed by atoms with Gasteiger partial charge in [-0.15, -0.1) is 0 Å². The standard InChI is InChI=1S/C11H21F3N2O/c1-9(2)7-17-15-10-3-5-16(6-4-10)8-11(12,13)14/h9-10,15H,3-8H2,1-2H3. The van der Waals surface area contributed by atoms with Crippen LogP contribution >= 0.6 is 0 Å². The fourth-order valence-corrected chi connectivity index (χ4v) is 1.80. The van der Waals surface area contributed by atoms with Gasteiger partial charge < -0.3 is 4.84 Å². The van der Waals surface area contributed by atoms with Crippen LogP contribution in [0.4, 0.5) is 13.2 Å². The van der Waals surface area contributed by atoms with Crippen molar-refractivity contribution in [2.24, 2.45) is 5.92 Å². The number of hydrogen-bond donors (Lipinski definition) is 1. The first-order valence-electron chi connectivity index (χ1n) is 6.03. The number of rotatable bonds is 5. The van der Waals surface area contributed by atoms with Crippen molar-refractivity contribution in [1.29, 1.82) is 0 Å². The molecule has 17 heavy (non-hydrogen) atoms. The number of hydroxylamine groups is 1. The first kappa shape index (κ1) is 14.7. The Morgan fingerprint density at radius 1 is 1.29 bits per heavy atom. The number of nitrogens with one attached hydrogen (secondary N) is 1. The zero-order chi connectivity index (χ0) is 12.9. The molecule has 6 heteroatoms. The van der Waals surface area contributed by atoms with Gasteiger partial charge in [0.25, 0.3) is 0 Å². The van der Waals surface area contributed by atoms with Crippen LogP contribution in [0.1, 0.15) is 26.7 Å². The fraction of sp³-hybridized carbons (Fsp3) is 1.00. The summed E-state index contributed by atoms with van der Waals surface area (Å²) < 4.78 is 36.4. The first-order chi connectivity index (χ1) is 7.87. The van der Waals surface area contributed by atoms with E-state index < -0.39 is 12.7 Å². The lowest BCUT2D eigenvalue weighted by atomic mass is 10.1. The van der Waals surface area contributed by atoms with Crippen LogP contribution in [-0.2, 0) is 4.84 Å². The fourth-order valence-electron chi connectivity index (χ4n) is 1.80. The number of nitrogens with zero attached hydrogens (tertiary/aromatic N) is 1.